The fourth-order valence-corrected chi connectivity index (χ4v) is 2.01. The number of nitrogens with one attached hydrogen (secondary N) is 2. The Kier molecular flexibility index (Phi) is 7.23. The van der Waals surface area contributed by atoms with Crippen molar-refractivity contribution in [3.05, 3.63) is 0 Å². The molecule has 0 aromatic heterocycles. The van der Waals surface area contributed by atoms with Crippen LogP contribution >= 0.6 is 0 Å². The van der Waals surface area contributed by atoms with Gasteiger partial charge in [0.1, 0.15) is 0 Å². The lowest BCUT2D eigenvalue weighted by Gasteiger charge is -2.20. The van der Waals surface area contributed by atoms with Gasteiger partial charge in [-0.1, -0.05) is 5.92 Å². The van der Waals surface area contributed by atoms with Gasteiger partial charge in [-0.3, -0.25) is 4.99 Å². The van der Waals surface area contributed by atoms with Crippen LogP contribution in [0.2, 0.25) is 0 Å². The molecule has 1 aliphatic heterocycles. The standard InChI is InChI=1S/C13H25N5/c1-4-6-15-13(14-2)16-7-10-18-9-5-8-17(3)11-12-18/h1H,5-12H2,2-3H3,(H2,14,15,16). The molecule has 1 rings (SSSR count). The average molecular weight is 251 g/mol. The predicted octanol–water partition coefficient (Wildman–Crippen LogP) is -0.578. The Hall–Kier alpha value is -1.25. The van der Waals surface area contributed by atoms with Gasteiger partial charge in [-0.05, 0) is 26.6 Å². The molecule has 0 aromatic carbocycles. The van der Waals surface area contributed by atoms with Crippen LogP contribution in [0.3, 0.4) is 0 Å². The second-order valence-corrected chi connectivity index (χ2v) is 4.56. The molecule has 0 amide bonds. The maximum Gasteiger partial charge on any atom is 0.191 e. The molecule has 1 heterocycles. The molecule has 0 radical (unpaired) electrons. The Bertz CT molecular complexity index is 294. The summed E-state index contributed by atoms with van der Waals surface area (Å²) < 4.78 is 0. The molecule has 0 spiro atoms. The summed E-state index contributed by atoms with van der Waals surface area (Å²) in [5.74, 6) is 3.32. The summed E-state index contributed by atoms with van der Waals surface area (Å²) in [6.07, 6.45) is 6.45. The van der Waals surface area contributed by atoms with Crippen molar-refractivity contribution in [1.29, 1.82) is 0 Å². The van der Waals surface area contributed by atoms with E-state index in [9.17, 15) is 0 Å². The van der Waals surface area contributed by atoms with Gasteiger partial charge in [0, 0.05) is 33.2 Å². The second kappa shape index (κ2) is 8.78. The first-order valence-electron chi connectivity index (χ1n) is 6.55. The summed E-state index contributed by atoms with van der Waals surface area (Å²) in [7, 11) is 3.94. The lowest BCUT2D eigenvalue weighted by Crippen LogP contribution is -2.42. The van der Waals surface area contributed by atoms with E-state index in [-0.39, 0.29) is 0 Å². The quantitative estimate of drug-likeness (QED) is 0.399. The Morgan fingerprint density at radius 2 is 2.11 bits per heavy atom. The summed E-state index contributed by atoms with van der Waals surface area (Å²) in [5.41, 5.74) is 0. The molecule has 0 bridgehead atoms. The van der Waals surface area contributed by atoms with Crippen molar-refractivity contribution >= 4 is 5.96 Å². The lowest BCUT2D eigenvalue weighted by molar-refractivity contribution is 0.280. The zero-order valence-corrected chi connectivity index (χ0v) is 11.6. The summed E-state index contributed by atoms with van der Waals surface area (Å²) in [6.45, 7) is 7.14. The van der Waals surface area contributed by atoms with Crippen LogP contribution in [0.25, 0.3) is 0 Å². The number of guanidine groups is 1. The predicted molar refractivity (Wildman–Crippen MR) is 76.8 cm³/mol. The molecule has 102 valence electrons. The average Bonchev–Trinajstić information content (AvgIpc) is 2.58. The lowest BCUT2D eigenvalue weighted by atomic mass is 10.4. The van der Waals surface area contributed by atoms with Crippen molar-refractivity contribution < 1.29 is 0 Å². The summed E-state index contributed by atoms with van der Waals surface area (Å²) in [4.78, 5) is 8.99. The van der Waals surface area contributed by atoms with E-state index in [0.29, 0.717) is 6.54 Å². The molecule has 0 aromatic rings. The summed E-state index contributed by atoms with van der Waals surface area (Å²) >= 11 is 0. The molecule has 1 fully saturated rings. The zero-order valence-electron chi connectivity index (χ0n) is 11.6. The number of aliphatic imine (C=N–C) groups is 1. The number of nitrogens with zero attached hydrogens (tertiary/aromatic N) is 3. The van der Waals surface area contributed by atoms with Gasteiger partial charge in [-0.25, -0.2) is 0 Å². The molecule has 0 atom stereocenters. The van der Waals surface area contributed by atoms with E-state index in [1.807, 2.05) is 0 Å². The van der Waals surface area contributed by atoms with E-state index >= 15 is 0 Å². The highest BCUT2D eigenvalue weighted by atomic mass is 15.2. The third kappa shape index (κ3) is 5.89. The van der Waals surface area contributed by atoms with Crippen LogP contribution in [0, 0.1) is 12.3 Å². The maximum absolute atomic E-state index is 5.20. The number of hydrogen-bond acceptors (Lipinski definition) is 3. The Balaban J connectivity index is 2.18. The summed E-state index contributed by atoms with van der Waals surface area (Å²) in [5, 5.41) is 6.32. The third-order valence-electron chi connectivity index (χ3n) is 3.11. The summed E-state index contributed by atoms with van der Waals surface area (Å²) in [6, 6.07) is 0. The number of terminal acetylenes is 1. The molecule has 5 heteroatoms. The normalized spacial score (nSPS) is 19.1. The van der Waals surface area contributed by atoms with Gasteiger partial charge < -0.3 is 20.4 Å². The van der Waals surface area contributed by atoms with E-state index in [2.05, 4.69) is 38.4 Å². The molecule has 1 aliphatic rings. The third-order valence-corrected chi connectivity index (χ3v) is 3.11. The van der Waals surface area contributed by atoms with Gasteiger partial charge in [0.2, 0.25) is 0 Å². The Morgan fingerprint density at radius 1 is 1.28 bits per heavy atom. The Morgan fingerprint density at radius 3 is 2.83 bits per heavy atom. The molecular weight excluding hydrogens is 226 g/mol. The van der Waals surface area contributed by atoms with Gasteiger partial charge in [0.15, 0.2) is 5.96 Å². The minimum Gasteiger partial charge on any atom is -0.355 e. The molecule has 0 unspecified atom stereocenters. The second-order valence-electron chi connectivity index (χ2n) is 4.56. The maximum atomic E-state index is 5.20. The fourth-order valence-electron chi connectivity index (χ4n) is 2.01. The van der Waals surface area contributed by atoms with Crippen molar-refractivity contribution in [2.45, 2.75) is 6.42 Å². The smallest absolute Gasteiger partial charge is 0.191 e. The van der Waals surface area contributed by atoms with E-state index in [0.717, 1.165) is 32.1 Å². The Labute approximate surface area is 111 Å². The topological polar surface area (TPSA) is 42.9 Å². The van der Waals surface area contributed by atoms with Crippen molar-refractivity contribution in [2.24, 2.45) is 4.99 Å². The van der Waals surface area contributed by atoms with Crippen LogP contribution in [0.1, 0.15) is 6.42 Å². The first-order chi connectivity index (χ1) is 8.76. The van der Waals surface area contributed by atoms with Crippen LogP contribution in [0.4, 0.5) is 0 Å². The van der Waals surface area contributed by atoms with Crippen molar-refractivity contribution in [1.82, 2.24) is 20.4 Å². The van der Waals surface area contributed by atoms with Crippen molar-refractivity contribution in [3.63, 3.8) is 0 Å². The van der Waals surface area contributed by atoms with Gasteiger partial charge in [-0.2, -0.15) is 0 Å². The van der Waals surface area contributed by atoms with E-state index in [4.69, 9.17) is 6.42 Å². The molecule has 5 nitrogen and oxygen atoms in total. The van der Waals surface area contributed by atoms with Crippen LogP contribution in [-0.4, -0.2) is 75.7 Å². The number of hydrogen-bond donors (Lipinski definition) is 2. The minimum absolute atomic E-state index is 0.508. The first-order valence-corrected chi connectivity index (χ1v) is 6.55. The highest BCUT2D eigenvalue weighted by molar-refractivity contribution is 5.79. The molecular formula is C13H25N5. The van der Waals surface area contributed by atoms with Gasteiger partial charge in [0.25, 0.3) is 0 Å². The molecule has 2 N–H and O–H groups in total. The van der Waals surface area contributed by atoms with Crippen LogP contribution in [0.15, 0.2) is 4.99 Å². The number of likely N-dealkylation sites (N-methyl/N-ethyl adjacent to an activating group) is 1. The molecule has 0 aliphatic carbocycles. The van der Waals surface area contributed by atoms with Crippen LogP contribution < -0.4 is 10.6 Å². The monoisotopic (exact) mass is 251 g/mol. The van der Waals surface area contributed by atoms with E-state index in [1.165, 1.54) is 19.5 Å². The SMILES string of the molecule is C#CCNC(=NC)NCCN1CCCN(C)CC1. The van der Waals surface area contributed by atoms with Crippen LogP contribution in [0.5, 0.6) is 0 Å². The fraction of sp³-hybridized carbons (Fsp3) is 0.769. The highest BCUT2D eigenvalue weighted by Gasteiger charge is 2.11. The largest absolute Gasteiger partial charge is 0.355 e. The molecule has 18 heavy (non-hydrogen) atoms. The van der Waals surface area contributed by atoms with Crippen molar-refractivity contribution in [2.75, 3.05) is 59.9 Å². The zero-order chi connectivity index (χ0) is 13.2. The van der Waals surface area contributed by atoms with Crippen molar-refractivity contribution in [3.8, 4) is 12.3 Å². The minimum atomic E-state index is 0.508. The molecule has 1 saturated heterocycles. The van der Waals surface area contributed by atoms with Gasteiger partial charge in [-0.15, -0.1) is 6.42 Å². The van der Waals surface area contributed by atoms with Gasteiger partial charge >= 0.3 is 0 Å². The number of rotatable bonds is 4. The van der Waals surface area contributed by atoms with Crippen LogP contribution in [-0.2, 0) is 0 Å². The van der Waals surface area contributed by atoms with Gasteiger partial charge in [0.05, 0.1) is 6.54 Å². The highest BCUT2D eigenvalue weighted by Crippen LogP contribution is 1.99. The van der Waals surface area contributed by atoms with E-state index in [1.54, 1.807) is 7.05 Å². The first kappa shape index (κ1) is 14.8. The molecule has 0 saturated carbocycles. The van der Waals surface area contributed by atoms with E-state index < -0.39 is 0 Å².